The Bertz CT molecular complexity index is 942. The van der Waals surface area contributed by atoms with Crippen LogP contribution in [0.1, 0.15) is 44.7 Å². The van der Waals surface area contributed by atoms with Crippen molar-refractivity contribution in [3.8, 4) is 0 Å². The summed E-state index contributed by atoms with van der Waals surface area (Å²) in [6.07, 6.45) is 0.362. The molecule has 0 saturated carbocycles. The zero-order valence-electron chi connectivity index (χ0n) is 15.3. The van der Waals surface area contributed by atoms with Crippen molar-refractivity contribution in [2.24, 2.45) is 0 Å². The van der Waals surface area contributed by atoms with Gasteiger partial charge in [-0.05, 0) is 13.3 Å². The number of aromatic nitrogens is 7. The van der Waals surface area contributed by atoms with E-state index in [0.29, 0.717) is 47.5 Å². The summed E-state index contributed by atoms with van der Waals surface area (Å²) in [6.45, 7) is 9.47. The van der Waals surface area contributed by atoms with Gasteiger partial charge >= 0.3 is 0 Å². The second-order valence-corrected chi connectivity index (χ2v) is 7.65. The molecular weight excluding hydrogens is 336 g/mol. The normalized spacial score (nSPS) is 18.2. The fourth-order valence-electron chi connectivity index (χ4n) is 2.92. The van der Waals surface area contributed by atoms with E-state index in [9.17, 15) is 5.11 Å². The SMILES string of the molecule is Cc1noc(Cn2nc3nc(C(C)(C)C)nc(N4CC[C@H](O)C4)c3n2)n1. The Kier molecular flexibility index (Phi) is 3.87. The van der Waals surface area contributed by atoms with Crippen molar-refractivity contribution < 1.29 is 9.63 Å². The zero-order valence-corrected chi connectivity index (χ0v) is 15.3. The summed E-state index contributed by atoms with van der Waals surface area (Å²) in [5.41, 5.74) is 0.912. The Hall–Kier alpha value is -2.62. The molecule has 0 radical (unpaired) electrons. The van der Waals surface area contributed by atoms with Crippen molar-refractivity contribution >= 4 is 17.0 Å². The number of rotatable bonds is 3. The number of hydrogen-bond acceptors (Lipinski definition) is 9. The van der Waals surface area contributed by atoms with E-state index in [1.165, 1.54) is 4.80 Å². The molecule has 1 N–H and O–H groups in total. The fourth-order valence-corrected chi connectivity index (χ4v) is 2.92. The Balaban J connectivity index is 1.78. The van der Waals surface area contributed by atoms with Gasteiger partial charge in [-0.3, -0.25) is 0 Å². The first-order valence-corrected chi connectivity index (χ1v) is 8.65. The Morgan fingerprint density at radius 3 is 2.62 bits per heavy atom. The summed E-state index contributed by atoms with van der Waals surface area (Å²) in [5, 5.41) is 22.7. The van der Waals surface area contributed by atoms with Crippen LogP contribution in [0.3, 0.4) is 0 Å². The standard InChI is InChI=1S/C16H22N8O2/c1-9-17-11(26-22-9)8-24-20-12-13(21-24)18-15(16(2,3)4)19-14(12)23-6-5-10(25)7-23/h10,25H,5-8H2,1-4H3/t10-/m0/s1. The monoisotopic (exact) mass is 358 g/mol. The van der Waals surface area contributed by atoms with Crippen molar-refractivity contribution in [2.45, 2.75) is 52.2 Å². The summed E-state index contributed by atoms with van der Waals surface area (Å²) in [7, 11) is 0. The molecule has 1 saturated heterocycles. The Morgan fingerprint density at radius 2 is 2.00 bits per heavy atom. The van der Waals surface area contributed by atoms with Crippen LogP contribution in [0.25, 0.3) is 11.2 Å². The van der Waals surface area contributed by atoms with E-state index in [2.05, 4.69) is 46.1 Å². The molecule has 10 nitrogen and oxygen atoms in total. The molecule has 1 aliphatic rings. The van der Waals surface area contributed by atoms with Gasteiger partial charge in [-0.25, -0.2) is 9.97 Å². The lowest BCUT2D eigenvalue weighted by atomic mass is 9.96. The number of hydrogen-bond donors (Lipinski definition) is 1. The maximum Gasteiger partial charge on any atom is 0.250 e. The van der Waals surface area contributed by atoms with Gasteiger partial charge < -0.3 is 14.5 Å². The van der Waals surface area contributed by atoms with Crippen molar-refractivity contribution in [3.63, 3.8) is 0 Å². The van der Waals surface area contributed by atoms with E-state index >= 15 is 0 Å². The van der Waals surface area contributed by atoms with Crippen molar-refractivity contribution in [1.82, 2.24) is 35.1 Å². The van der Waals surface area contributed by atoms with Gasteiger partial charge in [0.05, 0.1) is 6.10 Å². The second-order valence-electron chi connectivity index (χ2n) is 7.65. The molecule has 0 aliphatic carbocycles. The van der Waals surface area contributed by atoms with E-state index in [1.54, 1.807) is 6.92 Å². The highest BCUT2D eigenvalue weighted by atomic mass is 16.5. The molecule has 1 atom stereocenters. The minimum atomic E-state index is -0.352. The fraction of sp³-hybridized carbons (Fsp3) is 0.625. The highest BCUT2D eigenvalue weighted by molar-refractivity contribution is 5.82. The van der Waals surface area contributed by atoms with Crippen LogP contribution in [0, 0.1) is 6.92 Å². The van der Waals surface area contributed by atoms with Crippen LogP contribution in [0.15, 0.2) is 4.52 Å². The van der Waals surface area contributed by atoms with Gasteiger partial charge in [0.2, 0.25) is 11.5 Å². The van der Waals surface area contributed by atoms with Gasteiger partial charge in [0.1, 0.15) is 12.4 Å². The third kappa shape index (κ3) is 3.12. The minimum absolute atomic E-state index is 0.228. The topological polar surface area (TPSA) is 119 Å². The zero-order chi connectivity index (χ0) is 18.5. The lowest BCUT2D eigenvalue weighted by Gasteiger charge is -2.21. The molecule has 26 heavy (non-hydrogen) atoms. The summed E-state index contributed by atoms with van der Waals surface area (Å²) in [4.78, 5) is 17.1. The lowest BCUT2D eigenvalue weighted by Crippen LogP contribution is -2.25. The van der Waals surface area contributed by atoms with Crippen LogP contribution >= 0.6 is 0 Å². The van der Waals surface area contributed by atoms with Gasteiger partial charge in [-0.15, -0.1) is 10.2 Å². The van der Waals surface area contributed by atoms with E-state index in [0.717, 1.165) is 6.54 Å². The van der Waals surface area contributed by atoms with Gasteiger partial charge in [0.25, 0.3) is 0 Å². The van der Waals surface area contributed by atoms with Crippen LogP contribution in [-0.2, 0) is 12.0 Å². The molecule has 0 aromatic carbocycles. The highest BCUT2D eigenvalue weighted by Gasteiger charge is 2.28. The maximum absolute atomic E-state index is 9.91. The molecule has 0 amide bonds. The minimum Gasteiger partial charge on any atom is -0.391 e. The van der Waals surface area contributed by atoms with Gasteiger partial charge in [-0.1, -0.05) is 25.9 Å². The predicted molar refractivity (Wildman–Crippen MR) is 92.8 cm³/mol. The van der Waals surface area contributed by atoms with Crippen molar-refractivity contribution in [1.29, 1.82) is 0 Å². The van der Waals surface area contributed by atoms with Gasteiger partial charge in [-0.2, -0.15) is 9.78 Å². The number of β-amino-alcohol motifs (C(OH)–C–C–N with tert-alkyl or cyclic N) is 1. The quantitative estimate of drug-likeness (QED) is 0.726. The van der Waals surface area contributed by atoms with Crippen LogP contribution in [0.2, 0.25) is 0 Å². The predicted octanol–water partition coefficient (Wildman–Crippen LogP) is 0.830. The molecule has 10 heteroatoms. The molecule has 0 unspecified atom stereocenters. The molecule has 4 heterocycles. The molecule has 4 rings (SSSR count). The van der Waals surface area contributed by atoms with Crippen LogP contribution in [0.4, 0.5) is 5.82 Å². The molecule has 138 valence electrons. The van der Waals surface area contributed by atoms with Crippen LogP contribution in [0.5, 0.6) is 0 Å². The molecule has 0 spiro atoms. The molecule has 0 bridgehead atoms. The molecule has 3 aromatic heterocycles. The van der Waals surface area contributed by atoms with Crippen molar-refractivity contribution in [2.75, 3.05) is 18.0 Å². The molecule has 1 aliphatic heterocycles. The number of aryl methyl sites for hydroxylation is 1. The van der Waals surface area contributed by atoms with Crippen LogP contribution < -0.4 is 4.90 Å². The third-order valence-corrected chi connectivity index (χ3v) is 4.25. The van der Waals surface area contributed by atoms with Gasteiger partial charge in [0.15, 0.2) is 17.2 Å². The summed E-state index contributed by atoms with van der Waals surface area (Å²) in [5.74, 6) is 2.41. The number of fused-ring (bicyclic) bond motifs is 1. The van der Waals surface area contributed by atoms with Crippen LogP contribution in [-0.4, -0.2) is 59.4 Å². The first kappa shape index (κ1) is 16.8. The third-order valence-electron chi connectivity index (χ3n) is 4.25. The Labute approximate surface area is 150 Å². The van der Waals surface area contributed by atoms with E-state index in [-0.39, 0.29) is 18.1 Å². The van der Waals surface area contributed by atoms with Crippen molar-refractivity contribution in [3.05, 3.63) is 17.5 Å². The lowest BCUT2D eigenvalue weighted by molar-refractivity contribution is 0.198. The summed E-state index contributed by atoms with van der Waals surface area (Å²) in [6, 6.07) is 0. The average molecular weight is 358 g/mol. The largest absolute Gasteiger partial charge is 0.391 e. The highest BCUT2D eigenvalue weighted by Crippen LogP contribution is 2.28. The Morgan fingerprint density at radius 1 is 1.19 bits per heavy atom. The number of aliphatic hydroxyl groups is 1. The molecular formula is C16H22N8O2. The average Bonchev–Trinajstić information content (AvgIpc) is 3.25. The van der Waals surface area contributed by atoms with E-state index in [4.69, 9.17) is 9.51 Å². The maximum atomic E-state index is 9.91. The second kappa shape index (κ2) is 5.97. The summed E-state index contributed by atoms with van der Waals surface area (Å²) < 4.78 is 5.14. The van der Waals surface area contributed by atoms with E-state index in [1.807, 2.05) is 4.90 Å². The number of anilines is 1. The summed E-state index contributed by atoms with van der Waals surface area (Å²) >= 11 is 0. The first-order valence-electron chi connectivity index (χ1n) is 8.65. The van der Waals surface area contributed by atoms with Gasteiger partial charge in [0, 0.05) is 18.5 Å². The molecule has 1 fully saturated rings. The van der Waals surface area contributed by atoms with E-state index < -0.39 is 0 Å². The smallest absolute Gasteiger partial charge is 0.250 e. The first-order chi connectivity index (χ1) is 12.3. The number of nitrogens with zero attached hydrogens (tertiary/aromatic N) is 8. The number of aliphatic hydroxyl groups excluding tert-OH is 1. The molecule has 3 aromatic rings.